The minimum absolute atomic E-state index is 0.114. The molecular formula is C25H32N2O3SSi. The molecule has 0 bridgehead atoms. The van der Waals surface area contributed by atoms with Gasteiger partial charge < -0.3 is 10.2 Å². The van der Waals surface area contributed by atoms with Crippen LogP contribution in [0, 0.1) is 0 Å². The summed E-state index contributed by atoms with van der Waals surface area (Å²) in [6.45, 7) is 7.08. The minimum Gasteiger partial charge on any atom is -0.406 e. The molecule has 0 aliphatic carbocycles. The predicted octanol–water partition coefficient (Wildman–Crippen LogP) is 3.26. The first-order valence-electron chi connectivity index (χ1n) is 10.7. The lowest BCUT2D eigenvalue weighted by atomic mass is 10.2. The van der Waals surface area contributed by atoms with Crippen LogP contribution < -0.4 is 20.8 Å². The highest BCUT2D eigenvalue weighted by Crippen LogP contribution is 2.36. The average Bonchev–Trinajstić information content (AvgIpc) is 2.74. The number of rotatable bonds is 9. The van der Waals surface area contributed by atoms with Crippen LogP contribution in [0.5, 0.6) is 0 Å². The van der Waals surface area contributed by atoms with Crippen LogP contribution in [0.4, 0.5) is 5.69 Å². The molecule has 0 atom stereocenters. The molecule has 0 radical (unpaired) electrons. The molecular weight excluding hydrogens is 436 g/mol. The van der Waals surface area contributed by atoms with Crippen molar-refractivity contribution >= 4 is 34.4 Å². The first-order valence-corrected chi connectivity index (χ1v) is 14.3. The number of nitrogen functional groups attached to an aromatic ring is 1. The molecule has 0 heterocycles. The number of nitrogens with two attached hydrogens (primary N) is 1. The van der Waals surface area contributed by atoms with Crippen molar-refractivity contribution in [3.8, 4) is 0 Å². The SMILES string of the molecule is CC(C)(C)[Si](OCCNS(=O)(=O)Cc1cccc(N)c1)(c1ccccc1)c1ccccc1. The van der Waals surface area contributed by atoms with E-state index in [0.29, 0.717) is 11.3 Å². The van der Waals surface area contributed by atoms with Crippen LogP contribution in [-0.4, -0.2) is 29.9 Å². The Morgan fingerprint density at radius 2 is 1.44 bits per heavy atom. The molecule has 0 aromatic heterocycles. The third-order valence-corrected chi connectivity index (χ3v) is 11.9. The van der Waals surface area contributed by atoms with E-state index in [9.17, 15) is 8.42 Å². The zero-order valence-electron chi connectivity index (χ0n) is 18.9. The second-order valence-corrected chi connectivity index (χ2v) is 15.0. The van der Waals surface area contributed by atoms with Gasteiger partial charge in [-0.2, -0.15) is 0 Å². The third-order valence-electron chi connectivity index (χ3n) is 5.47. The molecule has 0 saturated carbocycles. The van der Waals surface area contributed by atoms with Gasteiger partial charge in [0.05, 0.1) is 5.75 Å². The molecule has 7 heteroatoms. The van der Waals surface area contributed by atoms with E-state index in [1.807, 2.05) is 36.4 Å². The summed E-state index contributed by atoms with van der Waals surface area (Å²) in [6.07, 6.45) is 0. The second kappa shape index (κ2) is 10.00. The lowest BCUT2D eigenvalue weighted by Crippen LogP contribution is -2.67. The lowest BCUT2D eigenvalue weighted by Gasteiger charge is -2.43. The molecule has 0 spiro atoms. The second-order valence-electron chi connectivity index (χ2n) is 8.91. The first kappa shape index (κ1) is 24.2. The fourth-order valence-electron chi connectivity index (χ4n) is 4.12. The van der Waals surface area contributed by atoms with E-state index in [0.717, 1.165) is 0 Å². The summed E-state index contributed by atoms with van der Waals surface area (Å²) in [5.74, 6) is -0.114. The molecule has 5 nitrogen and oxygen atoms in total. The standard InChI is InChI=1S/C25H32N2O3SSi/c1-25(2,3)32(23-13-6-4-7-14-23,24-15-8-5-9-16-24)30-18-17-27-31(28,29)20-21-11-10-12-22(26)19-21/h4-16,19,27H,17-18,20,26H2,1-3H3. The van der Waals surface area contributed by atoms with Crippen LogP contribution in [0.15, 0.2) is 84.9 Å². The van der Waals surface area contributed by atoms with Crippen LogP contribution >= 0.6 is 0 Å². The Labute approximate surface area is 192 Å². The topological polar surface area (TPSA) is 81.4 Å². The Bertz CT molecular complexity index is 1080. The molecule has 3 N–H and O–H groups in total. The van der Waals surface area contributed by atoms with Crippen LogP contribution in [-0.2, 0) is 20.2 Å². The molecule has 3 aromatic rings. The van der Waals surface area contributed by atoms with Crippen LogP contribution in [0.25, 0.3) is 0 Å². The van der Waals surface area contributed by atoms with Crippen molar-refractivity contribution in [1.29, 1.82) is 0 Å². The summed E-state index contributed by atoms with van der Waals surface area (Å²) in [5, 5.41) is 2.18. The van der Waals surface area contributed by atoms with E-state index in [1.54, 1.807) is 24.3 Å². The molecule has 3 aromatic carbocycles. The summed E-state index contributed by atoms with van der Waals surface area (Å²) >= 11 is 0. The van der Waals surface area contributed by atoms with Crippen LogP contribution in [0.3, 0.4) is 0 Å². The summed E-state index contributed by atoms with van der Waals surface area (Å²) in [7, 11) is -6.18. The van der Waals surface area contributed by atoms with Crippen molar-refractivity contribution in [1.82, 2.24) is 4.72 Å². The highest BCUT2D eigenvalue weighted by molar-refractivity contribution is 7.88. The van der Waals surface area contributed by atoms with Gasteiger partial charge in [-0.3, -0.25) is 0 Å². The van der Waals surface area contributed by atoms with Crippen LogP contribution in [0.2, 0.25) is 5.04 Å². The summed E-state index contributed by atoms with van der Waals surface area (Å²) in [5.41, 5.74) is 6.97. The molecule has 0 unspecified atom stereocenters. The van der Waals surface area contributed by atoms with Crippen molar-refractivity contribution in [3.63, 3.8) is 0 Å². The van der Waals surface area contributed by atoms with Crippen LogP contribution in [0.1, 0.15) is 26.3 Å². The number of anilines is 1. The minimum atomic E-state index is -3.50. The normalized spacial score (nSPS) is 12.6. The Morgan fingerprint density at radius 3 is 1.94 bits per heavy atom. The van der Waals surface area contributed by atoms with E-state index in [4.69, 9.17) is 10.2 Å². The van der Waals surface area contributed by atoms with Gasteiger partial charge in [0.1, 0.15) is 0 Å². The zero-order chi connectivity index (χ0) is 23.2. The summed E-state index contributed by atoms with van der Waals surface area (Å²) in [4.78, 5) is 0. The molecule has 170 valence electrons. The Balaban J connectivity index is 1.79. The molecule has 32 heavy (non-hydrogen) atoms. The average molecular weight is 469 g/mol. The molecule has 0 aliphatic heterocycles. The number of nitrogens with one attached hydrogen (secondary N) is 1. The summed E-state index contributed by atoms with van der Waals surface area (Å²) in [6, 6.07) is 27.5. The first-order chi connectivity index (χ1) is 15.1. The van der Waals surface area contributed by atoms with Gasteiger partial charge in [0.15, 0.2) is 0 Å². The quantitative estimate of drug-likeness (QED) is 0.287. The zero-order valence-corrected chi connectivity index (χ0v) is 20.7. The monoisotopic (exact) mass is 468 g/mol. The molecule has 0 saturated heterocycles. The van der Waals surface area contributed by atoms with E-state index < -0.39 is 18.3 Å². The molecule has 0 fully saturated rings. The maximum atomic E-state index is 12.6. The van der Waals surface area contributed by atoms with Gasteiger partial charge >= 0.3 is 0 Å². The molecule has 0 amide bonds. The smallest absolute Gasteiger partial charge is 0.261 e. The lowest BCUT2D eigenvalue weighted by molar-refractivity contribution is 0.303. The van der Waals surface area contributed by atoms with Gasteiger partial charge in [0.25, 0.3) is 8.32 Å². The Morgan fingerprint density at radius 1 is 0.875 bits per heavy atom. The van der Waals surface area contributed by atoms with E-state index in [-0.39, 0.29) is 23.9 Å². The fourth-order valence-corrected chi connectivity index (χ4v) is 9.79. The van der Waals surface area contributed by atoms with E-state index in [2.05, 4.69) is 49.8 Å². The highest BCUT2D eigenvalue weighted by Gasteiger charge is 2.49. The molecule has 3 rings (SSSR count). The van der Waals surface area contributed by atoms with Crippen molar-refractivity contribution in [2.75, 3.05) is 18.9 Å². The van der Waals surface area contributed by atoms with Crippen molar-refractivity contribution in [2.45, 2.75) is 31.6 Å². The Kier molecular flexibility index (Phi) is 7.56. The number of benzene rings is 3. The fraction of sp³-hybridized carbons (Fsp3) is 0.280. The number of hydrogen-bond acceptors (Lipinski definition) is 4. The van der Waals surface area contributed by atoms with Gasteiger partial charge in [-0.15, -0.1) is 0 Å². The number of hydrogen-bond donors (Lipinski definition) is 2. The van der Waals surface area contributed by atoms with Crippen molar-refractivity contribution < 1.29 is 12.8 Å². The Hall–Kier alpha value is -2.45. The van der Waals surface area contributed by atoms with Gasteiger partial charge in [-0.05, 0) is 33.1 Å². The van der Waals surface area contributed by atoms with Crippen molar-refractivity contribution in [3.05, 3.63) is 90.5 Å². The van der Waals surface area contributed by atoms with E-state index >= 15 is 0 Å². The summed E-state index contributed by atoms with van der Waals surface area (Å²) < 4.78 is 34.6. The maximum absolute atomic E-state index is 12.6. The van der Waals surface area contributed by atoms with Gasteiger partial charge in [0.2, 0.25) is 10.0 Å². The predicted molar refractivity (Wildman–Crippen MR) is 135 cm³/mol. The third kappa shape index (κ3) is 5.66. The van der Waals surface area contributed by atoms with Crippen molar-refractivity contribution in [2.24, 2.45) is 0 Å². The largest absolute Gasteiger partial charge is 0.406 e. The molecule has 0 aliphatic rings. The number of sulfonamides is 1. The van der Waals surface area contributed by atoms with E-state index in [1.165, 1.54) is 10.4 Å². The van der Waals surface area contributed by atoms with Gasteiger partial charge in [0, 0.05) is 18.8 Å². The van der Waals surface area contributed by atoms with Gasteiger partial charge in [-0.25, -0.2) is 13.1 Å². The highest BCUT2D eigenvalue weighted by atomic mass is 32.2. The maximum Gasteiger partial charge on any atom is 0.261 e. The van der Waals surface area contributed by atoms with Gasteiger partial charge in [-0.1, -0.05) is 93.6 Å².